The van der Waals surface area contributed by atoms with Crippen LogP contribution in [0.4, 0.5) is 0 Å². The van der Waals surface area contributed by atoms with Gasteiger partial charge in [0.1, 0.15) is 0 Å². The number of aliphatic hydroxyl groups is 1. The molecule has 4 aromatic rings. The van der Waals surface area contributed by atoms with Gasteiger partial charge in [-0.15, -0.1) is 11.3 Å². The number of hydrogen-bond acceptors (Lipinski definition) is 4. The fourth-order valence-electron chi connectivity index (χ4n) is 3.31. The summed E-state index contributed by atoms with van der Waals surface area (Å²) < 4.78 is 1.77. The van der Waals surface area contributed by atoms with Gasteiger partial charge in [-0.25, -0.2) is 4.68 Å². The van der Waals surface area contributed by atoms with E-state index in [1.54, 1.807) is 16.0 Å². The van der Waals surface area contributed by atoms with Gasteiger partial charge in [-0.05, 0) is 53.9 Å². The number of carbonyl (C=O) groups excluding carboxylic acids is 1. The number of nitrogens with one attached hydrogen (secondary N) is 1. The van der Waals surface area contributed by atoms with Crippen molar-refractivity contribution in [1.29, 1.82) is 0 Å². The van der Waals surface area contributed by atoms with Crippen molar-refractivity contribution in [1.82, 2.24) is 15.1 Å². The lowest BCUT2D eigenvalue weighted by Crippen LogP contribution is -2.27. The fraction of sp³-hybridized carbons (Fsp3) is 0.200. The SMILES string of the molecule is CC(C)CNC(=O)c1ccc(-c2ccc(-c3cc(CO)nn3-c3ccccc3Cl)s2)cc1. The number of halogens is 1. The fourth-order valence-corrected chi connectivity index (χ4v) is 4.53. The van der Waals surface area contributed by atoms with Crippen molar-refractivity contribution in [2.24, 2.45) is 5.92 Å². The van der Waals surface area contributed by atoms with Crippen LogP contribution in [0.5, 0.6) is 0 Å². The summed E-state index contributed by atoms with van der Waals surface area (Å²) in [5.74, 6) is 0.352. The Balaban J connectivity index is 1.62. The van der Waals surface area contributed by atoms with E-state index in [1.165, 1.54) is 0 Å². The summed E-state index contributed by atoms with van der Waals surface area (Å²) in [5, 5.41) is 17.7. The maximum atomic E-state index is 12.3. The molecule has 0 bridgehead atoms. The zero-order valence-electron chi connectivity index (χ0n) is 17.9. The van der Waals surface area contributed by atoms with Crippen LogP contribution >= 0.6 is 22.9 Å². The molecule has 1 amide bonds. The Bertz CT molecular complexity index is 1230. The van der Waals surface area contributed by atoms with Gasteiger partial charge in [-0.2, -0.15) is 5.10 Å². The molecule has 7 heteroatoms. The van der Waals surface area contributed by atoms with E-state index in [9.17, 15) is 9.90 Å². The third kappa shape index (κ3) is 4.78. The first kappa shape index (κ1) is 22.3. The molecule has 32 heavy (non-hydrogen) atoms. The summed E-state index contributed by atoms with van der Waals surface area (Å²) in [6, 6.07) is 21.1. The number of benzene rings is 2. The van der Waals surface area contributed by atoms with E-state index in [1.807, 2.05) is 60.7 Å². The van der Waals surface area contributed by atoms with E-state index in [-0.39, 0.29) is 12.5 Å². The number of para-hydroxylation sites is 1. The average molecular weight is 466 g/mol. The van der Waals surface area contributed by atoms with Crippen LogP contribution in [0.25, 0.3) is 26.7 Å². The number of rotatable bonds is 7. The molecule has 2 heterocycles. The van der Waals surface area contributed by atoms with Crippen molar-refractivity contribution in [3.8, 4) is 26.7 Å². The van der Waals surface area contributed by atoms with Gasteiger partial charge in [0.15, 0.2) is 0 Å². The highest BCUT2D eigenvalue weighted by Gasteiger charge is 2.16. The molecule has 0 aliphatic heterocycles. The Kier molecular flexibility index (Phi) is 6.74. The van der Waals surface area contributed by atoms with E-state index < -0.39 is 0 Å². The minimum atomic E-state index is -0.150. The number of aromatic nitrogens is 2. The van der Waals surface area contributed by atoms with Crippen molar-refractivity contribution < 1.29 is 9.90 Å². The van der Waals surface area contributed by atoms with Gasteiger partial charge in [0.25, 0.3) is 5.91 Å². The number of carbonyl (C=O) groups is 1. The molecule has 0 fully saturated rings. The maximum Gasteiger partial charge on any atom is 0.251 e. The monoisotopic (exact) mass is 465 g/mol. The summed E-state index contributed by atoms with van der Waals surface area (Å²) in [4.78, 5) is 14.3. The van der Waals surface area contributed by atoms with Crippen LogP contribution in [-0.2, 0) is 6.61 Å². The van der Waals surface area contributed by atoms with Crippen molar-refractivity contribution in [2.45, 2.75) is 20.5 Å². The van der Waals surface area contributed by atoms with E-state index in [4.69, 9.17) is 11.6 Å². The first-order valence-electron chi connectivity index (χ1n) is 10.4. The number of hydrogen-bond donors (Lipinski definition) is 2. The van der Waals surface area contributed by atoms with Crippen molar-refractivity contribution in [2.75, 3.05) is 6.54 Å². The minimum absolute atomic E-state index is 0.0581. The van der Waals surface area contributed by atoms with E-state index >= 15 is 0 Å². The molecular formula is C25H24ClN3O2S. The largest absolute Gasteiger partial charge is 0.390 e. The van der Waals surface area contributed by atoms with Gasteiger partial charge >= 0.3 is 0 Å². The van der Waals surface area contributed by atoms with Crippen LogP contribution in [0.1, 0.15) is 29.9 Å². The molecular weight excluding hydrogens is 442 g/mol. The molecule has 0 saturated carbocycles. The second-order valence-electron chi connectivity index (χ2n) is 7.89. The minimum Gasteiger partial charge on any atom is -0.390 e. The summed E-state index contributed by atoms with van der Waals surface area (Å²) in [5.41, 5.74) is 3.88. The smallest absolute Gasteiger partial charge is 0.251 e. The van der Waals surface area contributed by atoms with Crippen molar-refractivity contribution in [3.63, 3.8) is 0 Å². The molecule has 0 radical (unpaired) electrons. The Morgan fingerprint density at radius 1 is 1.09 bits per heavy atom. The Morgan fingerprint density at radius 3 is 2.50 bits per heavy atom. The van der Waals surface area contributed by atoms with Gasteiger partial charge < -0.3 is 10.4 Å². The van der Waals surface area contributed by atoms with Crippen LogP contribution in [0.15, 0.2) is 66.7 Å². The Labute approximate surface area is 196 Å². The molecule has 0 aliphatic carbocycles. The number of aliphatic hydroxyl groups excluding tert-OH is 1. The molecule has 4 rings (SSSR count). The highest BCUT2D eigenvalue weighted by atomic mass is 35.5. The topological polar surface area (TPSA) is 67.2 Å². The van der Waals surface area contributed by atoms with E-state index in [0.29, 0.717) is 28.7 Å². The summed E-state index contributed by atoms with van der Waals surface area (Å²) >= 11 is 8.02. The first-order chi connectivity index (χ1) is 15.5. The van der Waals surface area contributed by atoms with Crippen LogP contribution in [0, 0.1) is 5.92 Å². The number of thiophene rings is 1. The maximum absolute atomic E-state index is 12.3. The third-order valence-electron chi connectivity index (χ3n) is 4.96. The Morgan fingerprint density at radius 2 is 1.81 bits per heavy atom. The molecule has 164 valence electrons. The predicted octanol–water partition coefficient (Wildman–Crippen LogP) is 5.80. The Hall–Kier alpha value is -2.93. The van der Waals surface area contributed by atoms with Crippen LogP contribution in [-0.4, -0.2) is 27.3 Å². The van der Waals surface area contributed by atoms with Gasteiger partial charge in [0.05, 0.1) is 33.6 Å². The second kappa shape index (κ2) is 9.69. The van der Waals surface area contributed by atoms with Gasteiger partial charge in [0, 0.05) is 17.0 Å². The summed E-state index contributed by atoms with van der Waals surface area (Å²) in [7, 11) is 0. The highest BCUT2D eigenvalue weighted by Crippen LogP contribution is 2.36. The molecule has 2 N–H and O–H groups in total. The second-order valence-corrected chi connectivity index (χ2v) is 9.38. The molecule has 0 aliphatic rings. The molecule has 2 aromatic heterocycles. The van der Waals surface area contributed by atoms with Crippen molar-refractivity contribution in [3.05, 3.63) is 83.0 Å². The number of nitrogens with zero attached hydrogens (tertiary/aromatic N) is 2. The molecule has 0 spiro atoms. The van der Waals surface area contributed by atoms with E-state index in [2.05, 4.69) is 30.3 Å². The predicted molar refractivity (Wildman–Crippen MR) is 130 cm³/mol. The molecule has 0 unspecified atom stereocenters. The van der Waals surface area contributed by atoms with Crippen LogP contribution in [0.2, 0.25) is 5.02 Å². The lowest BCUT2D eigenvalue weighted by molar-refractivity contribution is 0.0949. The van der Waals surface area contributed by atoms with Gasteiger partial charge in [-0.3, -0.25) is 4.79 Å². The summed E-state index contributed by atoms with van der Waals surface area (Å²) in [6.07, 6.45) is 0. The lowest BCUT2D eigenvalue weighted by Gasteiger charge is -2.08. The number of amides is 1. The van der Waals surface area contributed by atoms with Gasteiger partial charge in [-0.1, -0.05) is 49.7 Å². The zero-order valence-corrected chi connectivity index (χ0v) is 19.5. The van der Waals surface area contributed by atoms with Crippen molar-refractivity contribution >= 4 is 28.8 Å². The summed E-state index contributed by atoms with van der Waals surface area (Å²) in [6.45, 7) is 4.64. The average Bonchev–Trinajstić information content (AvgIpc) is 3.45. The molecule has 0 saturated heterocycles. The molecule has 0 atom stereocenters. The quantitative estimate of drug-likeness (QED) is 0.362. The van der Waals surface area contributed by atoms with E-state index in [0.717, 1.165) is 26.7 Å². The third-order valence-corrected chi connectivity index (χ3v) is 6.44. The molecule has 2 aromatic carbocycles. The zero-order chi connectivity index (χ0) is 22.7. The molecule has 5 nitrogen and oxygen atoms in total. The normalized spacial score (nSPS) is 11.2. The first-order valence-corrected chi connectivity index (χ1v) is 11.6. The van der Waals surface area contributed by atoms with Crippen LogP contribution < -0.4 is 5.32 Å². The van der Waals surface area contributed by atoms with Crippen LogP contribution in [0.3, 0.4) is 0 Å². The lowest BCUT2D eigenvalue weighted by atomic mass is 10.1. The standard InChI is InChI=1S/C25H24ClN3O2S/c1-16(2)14-27-25(31)18-9-7-17(8-10-18)23-11-12-24(32-23)22-13-19(15-30)28-29(22)21-6-4-3-5-20(21)26/h3-13,16,30H,14-15H2,1-2H3,(H,27,31). The van der Waals surface area contributed by atoms with Gasteiger partial charge in [0.2, 0.25) is 0 Å². The highest BCUT2D eigenvalue weighted by molar-refractivity contribution is 7.18.